The Labute approximate surface area is 136 Å². The van der Waals surface area contributed by atoms with Crippen LogP contribution >= 0.6 is 24.0 Å². The number of carbonyl (C=O) groups excluding carboxylic acids is 1. The Bertz CT molecular complexity index is 436. The van der Waals surface area contributed by atoms with Crippen molar-refractivity contribution in [3.05, 3.63) is 42.7 Å². The Hall–Kier alpha value is -1.64. The number of carbonyl (C=O) groups is 1. The summed E-state index contributed by atoms with van der Waals surface area (Å²) in [5.41, 5.74) is 6.61. The summed E-state index contributed by atoms with van der Waals surface area (Å²) in [7, 11) is 0. The van der Waals surface area contributed by atoms with Crippen LogP contribution < -0.4 is 16.4 Å². The van der Waals surface area contributed by atoms with E-state index in [0.717, 1.165) is 12.1 Å². The summed E-state index contributed by atoms with van der Waals surface area (Å²) in [6.07, 6.45) is 4.10. The molecule has 110 valence electrons. The van der Waals surface area contributed by atoms with Gasteiger partial charge in [-0.2, -0.15) is 0 Å². The van der Waals surface area contributed by atoms with E-state index in [1.165, 1.54) is 0 Å². The molecular formula is C13H20IN5O. The van der Waals surface area contributed by atoms with Gasteiger partial charge in [0.05, 0.1) is 0 Å². The maximum atomic E-state index is 11.2. The Kier molecular flexibility index (Phi) is 10.3. The van der Waals surface area contributed by atoms with Crippen molar-refractivity contribution in [2.45, 2.75) is 6.42 Å². The Morgan fingerprint density at radius 3 is 2.90 bits per heavy atom. The smallest absolute Gasteiger partial charge is 0.242 e. The highest BCUT2D eigenvalue weighted by atomic mass is 127. The van der Waals surface area contributed by atoms with Crippen LogP contribution in [-0.2, 0) is 11.2 Å². The van der Waals surface area contributed by atoms with Gasteiger partial charge in [0.1, 0.15) is 6.54 Å². The summed E-state index contributed by atoms with van der Waals surface area (Å²) in [6.45, 7) is 4.57. The standard InChI is InChI=1S/C13H19N5O.HI/c1-2-7-16-12(19)10-18-13(14)17-9-6-11-5-3-4-8-15-11;/h2-5,8H,1,6-7,9-10H2,(H,16,19)(H3,14,17,18);1H. The number of amides is 1. The average Bonchev–Trinajstić information content (AvgIpc) is 2.44. The molecule has 0 saturated carbocycles. The fraction of sp³-hybridized carbons (Fsp3) is 0.308. The third-order valence-corrected chi connectivity index (χ3v) is 2.25. The van der Waals surface area contributed by atoms with Crippen LogP contribution in [-0.4, -0.2) is 36.5 Å². The molecule has 0 aliphatic carbocycles. The Morgan fingerprint density at radius 1 is 1.45 bits per heavy atom. The minimum absolute atomic E-state index is 0. The van der Waals surface area contributed by atoms with Crippen molar-refractivity contribution in [2.24, 2.45) is 10.7 Å². The molecule has 1 aromatic heterocycles. The molecule has 0 spiro atoms. The van der Waals surface area contributed by atoms with E-state index < -0.39 is 0 Å². The van der Waals surface area contributed by atoms with Crippen LogP contribution in [0, 0.1) is 0 Å². The zero-order valence-electron chi connectivity index (χ0n) is 11.2. The number of rotatable bonds is 7. The molecule has 0 bridgehead atoms. The van der Waals surface area contributed by atoms with E-state index in [1.54, 1.807) is 12.3 Å². The van der Waals surface area contributed by atoms with Crippen molar-refractivity contribution in [3.63, 3.8) is 0 Å². The molecule has 0 unspecified atom stereocenters. The lowest BCUT2D eigenvalue weighted by molar-refractivity contribution is -0.119. The molecule has 1 heterocycles. The van der Waals surface area contributed by atoms with Crippen molar-refractivity contribution >= 4 is 35.8 Å². The third-order valence-electron chi connectivity index (χ3n) is 2.25. The molecule has 0 aliphatic rings. The van der Waals surface area contributed by atoms with Gasteiger partial charge >= 0.3 is 0 Å². The SMILES string of the molecule is C=CCNC(=O)CN=C(N)NCCc1ccccn1.I. The number of nitrogens with one attached hydrogen (secondary N) is 2. The summed E-state index contributed by atoms with van der Waals surface area (Å²) < 4.78 is 0. The summed E-state index contributed by atoms with van der Waals surface area (Å²) in [4.78, 5) is 19.4. The van der Waals surface area contributed by atoms with Crippen molar-refractivity contribution < 1.29 is 4.79 Å². The van der Waals surface area contributed by atoms with Gasteiger partial charge in [0.25, 0.3) is 0 Å². The lowest BCUT2D eigenvalue weighted by Gasteiger charge is -2.05. The first-order valence-electron chi connectivity index (χ1n) is 6.03. The molecule has 6 nitrogen and oxygen atoms in total. The summed E-state index contributed by atoms with van der Waals surface area (Å²) in [6, 6.07) is 5.75. The Balaban J connectivity index is 0.00000361. The van der Waals surface area contributed by atoms with E-state index in [1.807, 2.05) is 18.2 Å². The second-order valence-electron chi connectivity index (χ2n) is 3.79. The third kappa shape index (κ3) is 8.46. The number of halogens is 1. The number of aromatic nitrogens is 1. The molecule has 0 radical (unpaired) electrons. The first-order chi connectivity index (χ1) is 9.22. The van der Waals surface area contributed by atoms with Gasteiger partial charge in [0.2, 0.25) is 5.91 Å². The van der Waals surface area contributed by atoms with E-state index in [-0.39, 0.29) is 42.4 Å². The molecule has 4 N–H and O–H groups in total. The maximum Gasteiger partial charge on any atom is 0.242 e. The van der Waals surface area contributed by atoms with Crippen molar-refractivity contribution in [2.75, 3.05) is 19.6 Å². The second kappa shape index (κ2) is 11.2. The minimum Gasteiger partial charge on any atom is -0.370 e. The topological polar surface area (TPSA) is 92.4 Å². The van der Waals surface area contributed by atoms with Gasteiger partial charge in [-0.3, -0.25) is 9.78 Å². The van der Waals surface area contributed by atoms with Crippen molar-refractivity contribution in [3.8, 4) is 0 Å². The van der Waals surface area contributed by atoms with Crippen LogP contribution in [0.2, 0.25) is 0 Å². The first kappa shape index (κ1) is 18.4. The van der Waals surface area contributed by atoms with Gasteiger partial charge in [0.15, 0.2) is 5.96 Å². The van der Waals surface area contributed by atoms with Gasteiger partial charge in [-0.25, -0.2) is 4.99 Å². The molecule has 7 heteroatoms. The van der Waals surface area contributed by atoms with Crippen LogP contribution in [0.15, 0.2) is 42.0 Å². The number of hydrogen-bond donors (Lipinski definition) is 3. The zero-order chi connectivity index (χ0) is 13.9. The monoisotopic (exact) mass is 389 g/mol. The molecule has 0 aromatic carbocycles. The van der Waals surface area contributed by atoms with Gasteiger partial charge < -0.3 is 16.4 Å². The number of pyridine rings is 1. The van der Waals surface area contributed by atoms with E-state index in [0.29, 0.717) is 13.1 Å². The number of hydrogen-bond acceptors (Lipinski definition) is 3. The fourth-order valence-corrected chi connectivity index (χ4v) is 1.32. The number of nitrogens with two attached hydrogens (primary N) is 1. The highest BCUT2D eigenvalue weighted by Gasteiger charge is 1.98. The van der Waals surface area contributed by atoms with Gasteiger partial charge in [-0.1, -0.05) is 12.1 Å². The van der Waals surface area contributed by atoms with Crippen LogP contribution in [0.5, 0.6) is 0 Å². The predicted octanol–water partition coefficient (Wildman–Crippen LogP) is 0.449. The maximum absolute atomic E-state index is 11.2. The molecular weight excluding hydrogens is 369 g/mol. The summed E-state index contributed by atoms with van der Waals surface area (Å²) in [5.74, 6) is 0.0686. The first-order valence-corrected chi connectivity index (χ1v) is 6.03. The van der Waals surface area contributed by atoms with Crippen LogP contribution in [0.1, 0.15) is 5.69 Å². The van der Waals surface area contributed by atoms with E-state index in [9.17, 15) is 4.79 Å². The van der Waals surface area contributed by atoms with Crippen molar-refractivity contribution in [1.29, 1.82) is 0 Å². The lowest BCUT2D eigenvalue weighted by atomic mass is 10.3. The molecule has 20 heavy (non-hydrogen) atoms. The lowest BCUT2D eigenvalue weighted by Crippen LogP contribution is -2.35. The molecule has 1 amide bonds. The van der Waals surface area contributed by atoms with Gasteiger partial charge in [-0.05, 0) is 12.1 Å². The van der Waals surface area contributed by atoms with E-state index >= 15 is 0 Å². The molecule has 0 saturated heterocycles. The zero-order valence-corrected chi connectivity index (χ0v) is 13.5. The number of aliphatic imine (C=N–C) groups is 1. The minimum atomic E-state index is -0.186. The quantitative estimate of drug-likeness (QED) is 0.273. The molecule has 1 rings (SSSR count). The number of guanidine groups is 1. The molecule has 0 fully saturated rings. The largest absolute Gasteiger partial charge is 0.370 e. The van der Waals surface area contributed by atoms with Crippen molar-refractivity contribution in [1.82, 2.24) is 15.6 Å². The fourth-order valence-electron chi connectivity index (χ4n) is 1.32. The van der Waals surface area contributed by atoms with Gasteiger partial charge in [0, 0.05) is 31.4 Å². The van der Waals surface area contributed by atoms with Crippen LogP contribution in [0.3, 0.4) is 0 Å². The number of nitrogens with zero attached hydrogens (tertiary/aromatic N) is 2. The second-order valence-corrected chi connectivity index (χ2v) is 3.79. The summed E-state index contributed by atoms with van der Waals surface area (Å²) in [5, 5.41) is 5.54. The van der Waals surface area contributed by atoms with Crippen LogP contribution in [0.4, 0.5) is 0 Å². The average molecular weight is 389 g/mol. The Morgan fingerprint density at radius 2 is 2.25 bits per heavy atom. The van der Waals surface area contributed by atoms with Crippen LogP contribution in [0.25, 0.3) is 0 Å². The van der Waals surface area contributed by atoms with Gasteiger partial charge in [-0.15, -0.1) is 30.6 Å². The summed E-state index contributed by atoms with van der Waals surface area (Å²) >= 11 is 0. The highest BCUT2D eigenvalue weighted by Crippen LogP contribution is 1.92. The molecule has 0 aliphatic heterocycles. The van der Waals surface area contributed by atoms with E-state index in [4.69, 9.17) is 5.73 Å². The predicted molar refractivity (Wildman–Crippen MR) is 91.1 cm³/mol. The molecule has 1 aromatic rings. The highest BCUT2D eigenvalue weighted by molar-refractivity contribution is 14.0. The normalized spacial score (nSPS) is 10.3. The van der Waals surface area contributed by atoms with E-state index in [2.05, 4.69) is 27.2 Å². The molecule has 0 atom stereocenters.